The molecule has 3 amide bonds. The number of thiazole rings is 1. The fraction of sp³-hybridized carbons (Fsp3) is 0.455. The van der Waals surface area contributed by atoms with Gasteiger partial charge in [-0.15, -0.1) is 0 Å². The molecule has 1 aromatic carbocycles. The van der Waals surface area contributed by atoms with Crippen molar-refractivity contribution in [2.45, 2.75) is 36.1 Å². The number of carbonyl (C=O) groups is 3. The number of aromatic nitrogens is 1. The van der Waals surface area contributed by atoms with E-state index in [9.17, 15) is 23.6 Å². The van der Waals surface area contributed by atoms with Crippen LogP contribution in [0.2, 0.25) is 0 Å². The third-order valence-corrected chi connectivity index (χ3v) is 9.27. The molecule has 174 valence electrons. The smallest absolute Gasteiger partial charge is 0.308 e. The molecule has 4 heterocycles. The highest BCUT2D eigenvalue weighted by Gasteiger charge is 2.59. The summed E-state index contributed by atoms with van der Waals surface area (Å²) in [5, 5.41) is -0.163. The van der Waals surface area contributed by atoms with Crippen LogP contribution in [0.15, 0.2) is 34.1 Å². The zero-order valence-corrected chi connectivity index (χ0v) is 19.7. The maximum absolute atomic E-state index is 13.4. The van der Waals surface area contributed by atoms with Crippen LogP contribution in [0.5, 0.6) is 0 Å². The summed E-state index contributed by atoms with van der Waals surface area (Å²) in [5.74, 6) is -2.07. The molecule has 5 rings (SSSR count). The van der Waals surface area contributed by atoms with Gasteiger partial charge in [0.25, 0.3) is 0 Å². The summed E-state index contributed by atoms with van der Waals surface area (Å²) in [6.07, 6.45) is 0. The van der Waals surface area contributed by atoms with Crippen LogP contribution in [0.1, 0.15) is 18.7 Å². The van der Waals surface area contributed by atoms with Gasteiger partial charge in [0, 0.05) is 23.4 Å². The first-order valence-corrected chi connectivity index (χ1v) is 12.3. The van der Waals surface area contributed by atoms with Gasteiger partial charge in [0.15, 0.2) is 0 Å². The van der Waals surface area contributed by atoms with Gasteiger partial charge in [0.2, 0.25) is 17.7 Å². The summed E-state index contributed by atoms with van der Waals surface area (Å²) in [6.45, 7) is 5.47. The Morgan fingerprint density at radius 2 is 1.79 bits per heavy atom. The van der Waals surface area contributed by atoms with Crippen molar-refractivity contribution < 1.29 is 23.5 Å². The number of benzene rings is 1. The predicted molar refractivity (Wildman–Crippen MR) is 121 cm³/mol. The molecule has 0 aliphatic carbocycles. The molecule has 11 heteroatoms. The number of imide groups is 1. The van der Waals surface area contributed by atoms with Crippen molar-refractivity contribution in [1.82, 2.24) is 9.47 Å². The van der Waals surface area contributed by atoms with E-state index in [0.717, 1.165) is 16.2 Å². The first-order valence-electron chi connectivity index (χ1n) is 10.6. The third kappa shape index (κ3) is 3.53. The monoisotopic (exact) mass is 491 g/mol. The number of hydrogen-bond acceptors (Lipinski definition) is 7. The number of fused-ring (bicyclic) bond motifs is 2. The lowest BCUT2D eigenvalue weighted by Gasteiger charge is -2.36. The van der Waals surface area contributed by atoms with Crippen LogP contribution in [0.3, 0.4) is 0 Å². The number of ether oxygens (including phenoxy) is 1. The van der Waals surface area contributed by atoms with Gasteiger partial charge in [-0.3, -0.25) is 23.7 Å². The van der Waals surface area contributed by atoms with E-state index in [4.69, 9.17) is 4.74 Å². The van der Waals surface area contributed by atoms with Crippen molar-refractivity contribution in [1.29, 1.82) is 0 Å². The Hall–Kier alpha value is -2.50. The second-order valence-corrected chi connectivity index (χ2v) is 10.9. The van der Waals surface area contributed by atoms with Crippen molar-refractivity contribution in [2.75, 3.05) is 31.2 Å². The summed E-state index contributed by atoms with van der Waals surface area (Å²) in [5.41, 5.74) is -0.468. The van der Waals surface area contributed by atoms with E-state index in [1.165, 1.54) is 40.6 Å². The summed E-state index contributed by atoms with van der Waals surface area (Å²) in [7, 11) is 0. The van der Waals surface area contributed by atoms with E-state index < -0.39 is 28.3 Å². The number of carbonyl (C=O) groups excluding carboxylic acids is 3. The fourth-order valence-corrected chi connectivity index (χ4v) is 7.70. The quantitative estimate of drug-likeness (QED) is 0.609. The normalized spacial score (nSPS) is 24.1. The molecule has 2 atom stereocenters. The summed E-state index contributed by atoms with van der Waals surface area (Å²) >= 11 is 2.19. The zero-order chi connectivity index (χ0) is 23.5. The number of nitrogens with zero attached hydrogens (tertiary/aromatic N) is 3. The Labute approximate surface area is 197 Å². The maximum Gasteiger partial charge on any atom is 0.308 e. The molecule has 0 spiro atoms. The van der Waals surface area contributed by atoms with Crippen molar-refractivity contribution in [3.05, 3.63) is 44.6 Å². The summed E-state index contributed by atoms with van der Waals surface area (Å²) < 4.78 is 20.1. The van der Waals surface area contributed by atoms with Crippen LogP contribution in [0, 0.1) is 11.7 Å². The number of hydrogen-bond donors (Lipinski definition) is 0. The molecule has 0 radical (unpaired) electrons. The molecule has 33 heavy (non-hydrogen) atoms. The van der Waals surface area contributed by atoms with Gasteiger partial charge in [-0.05, 0) is 24.3 Å². The van der Waals surface area contributed by atoms with Crippen molar-refractivity contribution in [2.24, 2.45) is 5.92 Å². The van der Waals surface area contributed by atoms with Crippen LogP contribution in [-0.2, 0) is 31.1 Å². The van der Waals surface area contributed by atoms with Crippen molar-refractivity contribution in [3.63, 3.8) is 0 Å². The fourth-order valence-electron chi connectivity index (χ4n) is 4.66. The summed E-state index contributed by atoms with van der Waals surface area (Å²) in [6, 6.07) is 5.24. The first-order chi connectivity index (χ1) is 15.7. The van der Waals surface area contributed by atoms with Gasteiger partial charge in [-0.1, -0.05) is 36.9 Å². The van der Waals surface area contributed by atoms with E-state index in [-0.39, 0.29) is 23.2 Å². The third-order valence-electron chi connectivity index (χ3n) is 6.45. The van der Waals surface area contributed by atoms with E-state index >= 15 is 0 Å². The number of amides is 3. The highest BCUT2D eigenvalue weighted by Crippen LogP contribution is 2.54. The molecule has 2 fully saturated rings. The molecular formula is C22H22FN3O5S2. The Morgan fingerprint density at radius 1 is 1.12 bits per heavy atom. The molecule has 3 aliphatic rings. The molecule has 0 bridgehead atoms. The summed E-state index contributed by atoms with van der Waals surface area (Å²) in [4.78, 5) is 55.6. The average Bonchev–Trinajstić information content (AvgIpc) is 3.24. The van der Waals surface area contributed by atoms with Crippen LogP contribution >= 0.6 is 23.1 Å². The highest BCUT2D eigenvalue weighted by atomic mass is 32.2. The Balaban J connectivity index is 1.49. The largest absolute Gasteiger partial charge is 0.378 e. The Morgan fingerprint density at radius 3 is 2.45 bits per heavy atom. The molecule has 1 aromatic heterocycles. The Bertz CT molecular complexity index is 1200. The van der Waals surface area contributed by atoms with E-state index in [2.05, 4.69) is 0 Å². The lowest BCUT2D eigenvalue weighted by atomic mass is 9.76. The van der Waals surface area contributed by atoms with Gasteiger partial charge < -0.3 is 9.64 Å². The highest BCUT2D eigenvalue weighted by molar-refractivity contribution is 8.00. The molecule has 2 saturated heterocycles. The molecular weight excluding hydrogens is 469 g/mol. The number of morpholine rings is 1. The van der Waals surface area contributed by atoms with Crippen LogP contribution in [-0.4, -0.2) is 58.7 Å². The molecule has 0 saturated carbocycles. The van der Waals surface area contributed by atoms with Gasteiger partial charge in [-0.25, -0.2) is 9.29 Å². The van der Waals surface area contributed by atoms with Gasteiger partial charge in [0.1, 0.15) is 17.6 Å². The lowest BCUT2D eigenvalue weighted by molar-refractivity contribution is -0.136. The van der Waals surface area contributed by atoms with Crippen LogP contribution in [0.25, 0.3) is 0 Å². The Kier molecular flexibility index (Phi) is 5.45. The number of thioether (sulfide) groups is 1. The molecule has 2 unspecified atom stereocenters. The molecule has 3 aliphatic heterocycles. The van der Waals surface area contributed by atoms with Crippen molar-refractivity contribution in [3.8, 4) is 0 Å². The zero-order valence-electron chi connectivity index (χ0n) is 18.1. The minimum atomic E-state index is -0.788. The minimum absolute atomic E-state index is 0.116. The standard InChI is InChI=1S/C22H22FN3O5S2/c1-22(2)15-16(19(29)26(18(15)28)13-5-3-12(23)4-6-13)32-20-17(22)33-21(30)25(20)11-14(27)24-7-9-31-10-8-24/h3-6,15-16H,7-11H2,1-2H3. The van der Waals surface area contributed by atoms with Crippen LogP contribution in [0.4, 0.5) is 10.1 Å². The van der Waals surface area contributed by atoms with E-state index in [0.29, 0.717) is 41.9 Å². The minimum Gasteiger partial charge on any atom is -0.378 e. The maximum atomic E-state index is 13.4. The second kappa shape index (κ2) is 8.07. The van der Waals surface area contributed by atoms with Gasteiger partial charge in [-0.2, -0.15) is 0 Å². The molecule has 8 nitrogen and oxygen atoms in total. The topological polar surface area (TPSA) is 88.9 Å². The number of halogens is 1. The van der Waals surface area contributed by atoms with E-state index in [1.807, 2.05) is 13.8 Å². The number of anilines is 1. The number of rotatable bonds is 3. The molecule has 2 aromatic rings. The van der Waals surface area contributed by atoms with E-state index in [1.54, 1.807) is 4.90 Å². The average molecular weight is 492 g/mol. The van der Waals surface area contributed by atoms with Gasteiger partial charge in [0.05, 0.1) is 29.8 Å². The molecule has 0 N–H and O–H groups in total. The SMILES string of the molecule is CC1(C)c2sc(=O)n(CC(=O)N3CCOCC3)c2SC2C(=O)N(c3ccc(F)cc3)C(=O)C21. The van der Waals surface area contributed by atoms with Gasteiger partial charge >= 0.3 is 4.87 Å². The van der Waals surface area contributed by atoms with Crippen molar-refractivity contribution >= 4 is 46.5 Å². The first kappa shape index (κ1) is 22.3. The second-order valence-electron chi connectivity index (χ2n) is 8.81. The van der Waals surface area contributed by atoms with Crippen LogP contribution < -0.4 is 9.77 Å². The lowest BCUT2D eigenvalue weighted by Crippen LogP contribution is -2.44. The predicted octanol–water partition coefficient (Wildman–Crippen LogP) is 1.85.